The van der Waals surface area contributed by atoms with Crippen LogP contribution in [0.4, 0.5) is 29.3 Å². The molecule has 3 N–H and O–H groups in total. The second-order valence-electron chi connectivity index (χ2n) is 12.7. The molecule has 0 bridgehead atoms. The van der Waals surface area contributed by atoms with Crippen molar-refractivity contribution in [3.8, 4) is 5.75 Å². The number of aliphatic hydroxyl groups is 1. The van der Waals surface area contributed by atoms with Gasteiger partial charge in [0.05, 0.1) is 36.0 Å². The first-order chi connectivity index (χ1) is 23.8. The summed E-state index contributed by atoms with van der Waals surface area (Å²) in [5.41, 5.74) is 0.460. The van der Waals surface area contributed by atoms with Gasteiger partial charge in [-0.15, -0.1) is 0 Å². The van der Waals surface area contributed by atoms with Crippen LogP contribution in [0.15, 0.2) is 72.8 Å². The number of nitrogens with one attached hydrogen (secondary N) is 2. The zero-order chi connectivity index (χ0) is 36.4. The Morgan fingerprint density at radius 2 is 1.68 bits per heavy atom. The molecule has 50 heavy (non-hydrogen) atoms. The van der Waals surface area contributed by atoms with E-state index in [1.54, 1.807) is 56.4 Å². The van der Waals surface area contributed by atoms with Crippen molar-refractivity contribution in [1.29, 1.82) is 0 Å². The number of fused-ring (bicyclic) bond motifs is 1. The third kappa shape index (κ3) is 10.4. The summed E-state index contributed by atoms with van der Waals surface area (Å²) < 4.78 is 51.5. The number of likely N-dealkylation sites (N-methyl/N-ethyl adjacent to an activating group) is 1. The van der Waals surface area contributed by atoms with Crippen LogP contribution in [0.25, 0.3) is 0 Å². The largest absolute Gasteiger partial charge is 0.490 e. The molecule has 4 atom stereocenters. The van der Waals surface area contributed by atoms with Crippen molar-refractivity contribution in [3.05, 3.63) is 89.5 Å². The van der Waals surface area contributed by atoms with Gasteiger partial charge in [0.15, 0.2) is 0 Å². The van der Waals surface area contributed by atoms with E-state index in [0.717, 1.165) is 18.6 Å². The van der Waals surface area contributed by atoms with E-state index in [-0.39, 0.29) is 48.9 Å². The molecule has 0 aromatic heterocycles. The van der Waals surface area contributed by atoms with Gasteiger partial charge >= 0.3 is 12.2 Å². The van der Waals surface area contributed by atoms with Gasteiger partial charge in [0.1, 0.15) is 5.75 Å². The Balaban J connectivity index is 1.57. The highest BCUT2D eigenvalue weighted by Gasteiger charge is 2.32. The van der Waals surface area contributed by atoms with Crippen LogP contribution in [-0.4, -0.2) is 84.4 Å². The van der Waals surface area contributed by atoms with Crippen molar-refractivity contribution >= 4 is 29.2 Å². The molecule has 0 radical (unpaired) electrons. The highest BCUT2D eigenvalue weighted by Crippen LogP contribution is 2.31. The fraction of sp³-hybridized carbons (Fsp3) is 0.432. The fourth-order valence-electron chi connectivity index (χ4n) is 5.57. The number of benzene rings is 3. The van der Waals surface area contributed by atoms with Crippen LogP contribution in [0.5, 0.6) is 5.75 Å². The third-order valence-corrected chi connectivity index (χ3v) is 8.61. The summed E-state index contributed by atoms with van der Waals surface area (Å²) in [6, 6.07) is 16.6. The Labute approximate surface area is 290 Å². The van der Waals surface area contributed by atoms with Gasteiger partial charge in [-0.2, -0.15) is 13.2 Å². The van der Waals surface area contributed by atoms with E-state index in [1.807, 2.05) is 19.9 Å². The maximum Gasteiger partial charge on any atom is 0.416 e. The first kappa shape index (κ1) is 38.2. The minimum atomic E-state index is -4.49. The molecular weight excluding hydrogens is 653 g/mol. The lowest BCUT2D eigenvalue weighted by Crippen LogP contribution is -2.48. The van der Waals surface area contributed by atoms with Crippen LogP contribution in [-0.2, 0) is 10.9 Å². The Morgan fingerprint density at radius 3 is 2.34 bits per heavy atom. The smallest absolute Gasteiger partial charge is 0.416 e. The number of aliphatic hydroxyl groups excluding tert-OH is 1. The Morgan fingerprint density at radius 1 is 1.00 bits per heavy atom. The maximum atomic E-state index is 14.3. The lowest BCUT2D eigenvalue weighted by Gasteiger charge is -2.35. The minimum Gasteiger partial charge on any atom is -0.490 e. The molecule has 1 aliphatic heterocycles. The Hall–Kier alpha value is -4.62. The molecule has 1 heterocycles. The van der Waals surface area contributed by atoms with Crippen LogP contribution < -0.4 is 15.4 Å². The van der Waals surface area contributed by atoms with Gasteiger partial charge in [0.25, 0.3) is 11.8 Å². The highest BCUT2D eigenvalue weighted by atomic mass is 19.4. The maximum absolute atomic E-state index is 14.3. The monoisotopic (exact) mass is 698 g/mol. The van der Waals surface area contributed by atoms with Gasteiger partial charge < -0.3 is 35.0 Å². The topological polar surface area (TPSA) is 120 Å². The molecule has 4 amide bonds. The van der Waals surface area contributed by atoms with E-state index < -0.39 is 35.8 Å². The number of nitrogens with zero attached hydrogens (tertiary/aromatic N) is 2. The number of urea groups is 1. The lowest BCUT2D eigenvalue weighted by atomic mass is 10.0. The van der Waals surface area contributed by atoms with Gasteiger partial charge in [-0.05, 0) is 87.7 Å². The molecule has 13 heteroatoms. The zero-order valence-corrected chi connectivity index (χ0v) is 28.7. The van der Waals surface area contributed by atoms with Crippen LogP contribution in [0.1, 0.15) is 66.3 Å². The summed E-state index contributed by atoms with van der Waals surface area (Å²) in [6.45, 7) is 5.85. The van der Waals surface area contributed by atoms with Crippen molar-refractivity contribution in [2.24, 2.45) is 5.92 Å². The number of rotatable bonds is 7. The minimum absolute atomic E-state index is 0.120. The van der Waals surface area contributed by atoms with Crippen molar-refractivity contribution in [3.63, 3.8) is 0 Å². The molecule has 10 nitrogen and oxygen atoms in total. The van der Waals surface area contributed by atoms with E-state index in [1.165, 1.54) is 21.9 Å². The quantitative estimate of drug-likeness (QED) is 0.247. The molecule has 3 aromatic rings. The van der Waals surface area contributed by atoms with Gasteiger partial charge in [-0.3, -0.25) is 9.59 Å². The highest BCUT2D eigenvalue weighted by molar-refractivity contribution is 6.05. The van der Waals surface area contributed by atoms with Crippen molar-refractivity contribution in [2.45, 2.75) is 64.5 Å². The normalized spacial score (nSPS) is 19.7. The number of ether oxygens (including phenoxy) is 2. The van der Waals surface area contributed by atoms with Crippen molar-refractivity contribution in [2.75, 3.05) is 44.0 Å². The van der Waals surface area contributed by atoms with E-state index in [9.17, 15) is 32.7 Å². The second kappa shape index (κ2) is 17.3. The van der Waals surface area contributed by atoms with Gasteiger partial charge in [0.2, 0.25) is 0 Å². The number of halogens is 3. The molecule has 0 unspecified atom stereocenters. The average Bonchev–Trinajstić information content (AvgIpc) is 3.09. The molecule has 0 aliphatic carbocycles. The van der Waals surface area contributed by atoms with Crippen LogP contribution in [0.3, 0.4) is 0 Å². The molecule has 270 valence electrons. The van der Waals surface area contributed by atoms with Crippen LogP contribution >= 0.6 is 0 Å². The standard InChI is InChI=1S/C37H45F3N4O6/c1-24-21-44(25(2)23-45)35(47)31-20-30(41-34(46)27-11-6-5-7-12-27)17-18-32(31)50-26(3)10-8-9-19-49-33(24)22-43(4)36(48)42-29-15-13-28(14-16-29)37(38,39)40/h5-7,11-18,20,24-26,33,45H,8-10,19,21-23H2,1-4H3,(H,41,46)(H,42,48)/t24-,25-,26+,33+/m0/s1. The number of hydrogen-bond donors (Lipinski definition) is 3. The first-order valence-electron chi connectivity index (χ1n) is 16.7. The third-order valence-electron chi connectivity index (χ3n) is 8.61. The number of anilines is 2. The number of hydrogen-bond acceptors (Lipinski definition) is 6. The first-order valence-corrected chi connectivity index (χ1v) is 16.7. The summed E-state index contributed by atoms with van der Waals surface area (Å²) in [7, 11) is 1.56. The van der Waals surface area contributed by atoms with Gasteiger partial charge in [-0.1, -0.05) is 25.1 Å². The van der Waals surface area contributed by atoms with E-state index >= 15 is 0 Å². The molecule has 0 saturated carbocycles. The molecular formula is C37H45F3N4O6. The summed E-state index contributed by atoms with van der Waals surface area (Å²) in [5.74, 6) is -0.733. The predicted molar refractivity (Wildman–Crippen MR) is 184 cm³/mol. The average molecular weight is 699 g/mol. The molecule has 3 aromatic carbocycles. The SMILES string of the molecule is C[C@@H]1CCCCO[C@H](CN(C)C(=O)Nc2ccc(C(F)(F)F)cc2)[C@@H](C)CN([C@@H](C)CO)C(=O)c2cc(NC(=O)c3ccccc3)ccc2O1. The number of carbonyl (C=O) groups is 3. The van der Waals surface area contributed by atoms with Gasteiger partial charge in [0, 0.05) is 49.6 Å². The molecule has 1 aliphatic rings. The predicted octanol–water partition coefficient (Wildman–Crippen LogP) is 6.92. The number of carbonyl (C=O) groups excluding carboxylic acids is 3. The van der Waals surface area contributed by atoms with Crippen molar-refractivity contribution in [1.82, 2.24) is 9.80 Å². The molecule has 4 rings (SSSR count). The Kier molecular flexibility index (Phi) is 13.3. The van der Waals surface area contributed by atoms with Crippen LogP contribution in [0, 0.1) is 5.92 Å². The summed E-state index contributed by atoms with van der Waals surface area (Å²) in [5, 5.41) is 15.7. The fourth-order valence-corrected chi connectivity index (χ4v) is 5.57. The second-order valence-corrected chi connectivity index (χ2v) is 12.7. The molecule has 0 saturated heterocycles. The Bertz CT molecular complexity index is 1590. The van der Waals surface area contributed by atoms with Crippen molar-refractivity contribution < 1.29 is 42.1 Å². The van der Waals surface area contributed by atoms with E-state index in [2.05, 4.69) is 10.6 Å². The van der Waals surface area contributed by atoms with E-state index in [0.29, 0.717) is 36.4 Å². The summed E-state index contributed by atoms with van der Waals surface area (Å²) >= 11 is 0. The zero-order valence-electron chi connectivity index (χ0n) is 28.7. The van der Waals surface area contributed by atoms with Crippen LogP contribution in [0.2, 0.25) is 0 Å². The molecule has 0 fully saturated rings. The summed E-state index contributed by atoms with van der Waals surface area (Å²) in [6.07, 6.45) is -3.11. The molecule has 0 spiro atoms. The number of alkyl halides is 3. The lowest BCUT2D eigenvalue weighted by molar-refractivity contribution is -0.137. The summed E-state index contributed by atoms with van der Waals surface area (Å²) in [4.78, 5) is 43.2. The van der Waals surface area contributed by atoms with Gasteiger partial charge in [-0.25, -0.2) is 4.79 Å². The van der Waals surface area contributed by atoms with E-state index in [4.69, 9.17) is 9.47 Å². The number of amides is 4.